The molecule has 1 fully saturated rings. The highest BCUT2D eigenvalue weighted by atomic mass is 35.5. The lowest BCUT2D eigenvalue weighted by Gasteiger charge is -2.29. The number of nitrogens with zero attached hydrogens (tertiary/aromatic N) is 1. The molecule has 2 amide bonds. The number of rotatable bonds is 3. The maximum atomic E-state index is 13.8. The molecular formula is C18H12ClFN2O4S. The first-order valence-electron chi connectivity index (χ1n) is 7.55. The van der Waals surface area contributed by atoms with E-state index < -0.39 is 23.4 Å². The molecule has 138 valence electrons. The molecule has 0 bridgehead atoms. The minimum Gasteiger partial charge on any atom is -0.502 e. The number of carbonyl (C=O) groups is 2. The number of halogens is 2. The summed E-state index contributed by atoms with van der Waals surface area (Å²) in [6, 6.07) is 8.58. The summed E-state index contributed by atoms with van der Waals surface area (Å²) in [5.74, 6) is -3.14. The SMILES string of the molecule is COc1cc(C=C2C(=O)NC(=S)N(c3ccc(Cl)cc3)C2=O)cc(F)c1O. The van der Waals surface area contributed by atoms with Gasteiger partial charge >= 0.3 is 0 Å². The molecule has 2 N–H and O–H groups in total. The number of thiocarbonyl (C=S) groups is 1. The number of benzene rings is 2. The van der Waals surface area contributed by atoms with Crippen molar-refractivity contribution in [2.24, 2.45) is 0 Å². The van der Waals surface area contributed by atoms with Gasteiger partial charge in [0.25, 0.3) is 11.8 Å². The predicted molar refractivity (Wildman–Crippen MR) is 102 cm³/mol. The van der Waals surface area contributed by atoms with Crippen molar-refractivity contribution in [3.63, 3.8) is 0 Å². The van der Waals surface area contributed by atoms with Crippen LogP contribution in [0.2, 0.25) is 5.02 Å². The van der Waals surface area contributed by atoms with Crippen LogP contribution in [0.5, 0.6) is 11.5 Å². The fourth-order valence-electron chi connectivity index (χ4n) is 2.48. The minimum atomic E-state index is -0.949. The highest BCUT2D eigenvalue weighted by Crippen LogP contribution is 2.31. The second-order valence-corrected chi connectivity index (χ2v) is 6.31. The Kier molecular flexibility index (Phi) is 5.11. The summed E-state index contributed by atoms with van der Waals surface area (Å²) in [7, 11) is 1.25. The van der Waals surface area contributed by atoms with E-state index in [0.29, 0.717) is 10.7 Å². The molecule has 0 radical (unpaired) electrons. The summed E-state index contributed by atoms with van der Waals surface area (Å²) in [6.07, 6.45) is 1.19. The van der Waals surface area contributed by atoms with Crippen molar-refractivity contribution in [2.45, 2.75) is 0 Å². The van der Waals surface area contributed by atoms with Crippen molar-refractivity contribution >= 4 is 52.5 Å². The number of ether oxygens (including phenoxy) is 1. The number of phenolic OH excluding ortho intramolecular Hbond substituents is 1. The largest absolute Gasteiger partial charge is 0.502 e. The molecule has 0 aliphatic carbocycles. The van der Waals surface area contributed by atoms with Crippen LogP contribution in [0.1, 0.15) is 5.56 Å². The lowest BCUT2D eigenvalue weighted by Crippen LogP contribution is -2.54. The molecule has 27 heavy (non-hydrogen) atoms. The van der Waals surface area contributed by atoms with Crippen LogP contribution in [0.25, 0.3) is 6.08 Å². The Bertz CT molecular complexity index is 992. The van der Waals surface area contributed by atoms with Crippen molar-refractivity contribution in [1.82, 2.24) is 5.32 Å². The number of carbonyl (C=O) groups excluding carboxylic acids is 2. The van der Waals surface area contributed by atoms with Crippen molar-refractivity contribution in [1.29, 1.82) is 0 Å². The van der Waals surface area contributed by atoms with Gasteiger partial charge in [-0.15, -0.1) is 0 Å². The van der Waals surface area contributed by atoms with E-state index in [2.05, 4.69) is 5.32 Å². The topological polar surface area (TPSA) is 78.9 Å². The van der Waals surface area contributed by atoms with Gasteiger partial charge < -0.3 is 9.84 Å². The standard InChI is InChI=1S/C18H12ClFN2O4S/c1-26-14-8-9(7-13(20)15(14)23)6-12-16(24)21-18(27)22(17(12)25)11-4-2-10(19)3-5-11/h2-8,23H,1H3,(H,21,24,27). The number of hydrogen-bond donors (Lipinski definition) is 2. The molecule has 6 nitrogen and oxygen atoms in total. The minimum absolute atomic E-state index is 0.0843. The summed E-state index contributed by atoms with van der Waals surface area (Å²) in [6.45, 7) is 0. The summed E-state index contributed by atoms with van der Waals surface area (Å²) in [5, 5.41) is 12.4. The van der Waals surface area contributed by atoms with Crippen molar-refractivity contribution in [2.75, 3.05) is 12.0 Å². The zero-order chi connectivity index (χ0) is 19.7. The third-order valence-corrected chi connectivity index (χ3v) is 4.30. The molecule has 1 heterocycles. The van der Waals surface area contributed by atoms with Crippen LogP contribution >= 0.6 is 23.8 Å². The Morgan fingerprint density at radius 3 is 2.56 bits per heavy atom. The zero-order valence-corrected chi connectivity index (χ0v) is 15.4. The molecule has 1 aliphatic rings. The van der Waals surface area contributed by atoms with Crippen LogP contribution in [-0.2, 0) is 9.59 Å². The Labute approximate surface area is 163 Å². The molecule has 1 aliphatic heterocycles. The normalized spacial score (nSPS) is 15.9. The Hall–Kier alpha value is -2.97. The van der Waals surface area contributed by atoms with Crippen LogP contribution in [0, 0.1) is 5.82 Å². The van der Waals surface area contributed by atoms with Gasteiger partial charge in [0.2, 0.25) is 0 Å². The van der Waals surface area contributed by atoms with Gasteiger partial charge in [0, 0.05) is 5.02 Å². The van der Waals surface area contributed by atoms with Gasteiger partial charge in [-0.3, -0.25) is 19.8 Å². The number of amides is 2. The maximum Gasteiger partial charge on any atom is 0.270 e. The van der Waals surface area contributed by atoms with Crippen LogP contribution in [0.4, 0.5) is 10.1 Å². The first-order valence-corrected chi connectivity index (χ1v) is 8.34. The average Bonchev–Trinajstić information content (AvgIpc) is 2.62. The molecule has 2 aromatic carbocycles. The van der Waals surface area contributed by atoms with Crippen LogP contribution in [0.15, 0.2) is 42.0 Å². The maximum absolute atomic E-state index is 13.8. The van der Waals surface area contributed by atoms with E-state index in [9.17, 15) is 19.1 Å². The first kappa shape index (κ1) is 18.8. The van der Waals surface area contributed by atoms with Gasteiger partial charge in [0.05, 0.1) is 12.8 Å². The van der Waals surface area contributed by atoms with Crippen molar-refractivity contribution in [3.05, 3.63) is 58.4 Å². The molecular weight excluding hydrogens is 395 g/mol. The number of hydrogen-bond acceptors (Lipinski definition) is 5. The fourth-order valence-corrected chi connectivity index (χ4v) is 2.89. The molecule has 0 unspecified atom stereocenters. The van der Waals surface area contributed by atoms with Crippen molar-refractivity contribution < 1.29 is 23.8 Å². The number of aromatic hydroxyl groups is 1. The lowest BCUT2D eigenvalue weighted by atomic mass is 10.1. The second kappa shape index (κ2) is 7.34. The number of anilines is 1. The van der Waals surface area contributed by atoms with Crippen molar-refractivity contribution in [3.8, 4) is 11.5 Å². The van der Waals surface area contributed by atoms with E-state index >= 15 is 0 Å². The lowest BCUT2D eigenvalue weighted by molar-refractivity contribution is -0.122. The second-order valence-electron chi connectivity index (χ2n) is 5.49. The number of phenols is 1. The summed E-state index contributed by atoms with van der Waals surface area (Å²) >= 11 is 10.9. The summed E-state index contributed by atoms with van der Waals surface area (Å²) in [5.41, 5.74) is 0.310. The Morgan fingerprint density at radius 1 is 1.26 bits per heavy atom. The van der Waals surface area contributed by atoms with E-state index in [1.165, 1.54) is 19.3 Å². The highest BCUT2D eigenvalue weighted by molar-refractivity contribution is 7.80. The molecule has 0 atom stereocenters. The summed E-state index contributed by atoms with van der Waals surface area (Å²) in [4.78, 5) is 26.2. The molecule has 3 rings (SSSR count). The van der Waals surface area contributed by atoms with Crippen LogP contribution in [-0.4, -0.2) is 29.1 Å². The third-order valence-electron chi connectivity index (χ3n) is 3.77. The average molecular weight is 407 g/mol. The molecule has 0 saturated carbocycles. The monoisotopic (exact) mass is 406 g/mol. The van der Waals surface area contributed by atoms with E-state index in [4.69, 9.17) is 28.6 Å². The first-order chi connectivity index (χ1) is 12.8. The zero-order valence-electron chi connectivity index (χ0n) is 13.8. The fraction of sp³-hybridized carbons (Fsp3) is 0.0556. The predicted octanol–water partition coefficient (Wildman–Crippen LogP) is 3.02. The van der Waals surface area contributed by atoms with Gasteiger partial charge in [-0.1, -0.05) is 11.6 Å². The van der Waals surface area contributed by atoms with Gasteiger partial charge in [-0.25, -0.2) is 4.39 Å². The van der Waals surface area contributed by atoms with Gasteiger partial charge in [0.15, 0.2) is 22.4 Å². The van der Waals surface area contributed by atoms with Gasteiger partial charge in [-0.05, 0) is 60.3 Å². The molecule has 1 saturated heterocycles. The van der Waals surface area contributed by atoms with Gasteiger partial charge in [0.1, 0.15) is 5.57 Å². The number of methoxy groups -OCH3 is 1. The van der Waals surface area contributed by atoms with E-state index in [0.717, 1.165) is 11.0 Å². The van der Waals surface area contributed by atoms with E-state index in [1.807, 2.05) is 0 Å². The highest BCUT2D eigenvalue weighted by Gasteiger charge is 2.34. The van der Waals surface area contributed by atoms with Crippen LogP contribution < -0.4 is 15.0 Å². The Balaban J connectivity index is 2.04. The van der Waals surface area contributed by atoms with Crippen LogP contribution in [0.3, 0.4) is 0 Å². The summed E-state index contributed by atoms with van der Waals surface area (Å²) < 4.78 is 18.7. The quantitative estimate of drug-likeness (QED) is 0.465. The molecule has 0 aromatic heterocycles. The van der Waals surface area contributed by atoms with Gasteiger partial charge in [-0.2, -0.15) is 0 Å². The van der Waals surface area contributed by atoms with E-state index in [-0.39, 0.29) is 22.0 Å². The number of nitrogens with one attached hydrogen (secondary N) is 1. The van der Waals surface area contributed by atoms with E-state index in [1.54, 1.807) is 24.3 Å². The third kappa shape index (κ3) is 3.62. The Morgan fingerprint density at radius 2 is 1.93 bits per heavy atom. The molecule has 0 spiro atoms. The molecule has 9 heteroatoms. The molecule has 2 aromatic rings. The smallest absolute Gasteiger partial charge is 0.270 e.